The first-order chi connectivity index (χ1) is 9.56. The SMILES string of the molecule is COC(=O)CCn1c(=O)nc(C)c2cc(SC)ccc21. The van der Waals surface area contributed by atoms with Crippen LogP contribution < -0.4 is 5.69 Å². The van der Waals surface area contributed by atoms with Gasteiger partial charge >= 0.3 is 11.7 Å². The zero-order valence-corrected chi connectivity index (χ0v) is 12.5. The van der Waals surface area contributed by atoms with Gasteiger partial charge in [-0.05, 0) is 31.4 Å². The van der Waals surface area contributed by atoms with Crippen molar-refractivity contribution in [2.75, 3.05) is 13.4 Å². The second-order valence-electron chi connectivity index (χ2n) is 4.34. The third-order valence-corrected chi connectivity index (χ3v) is 3.87. The highest BCUT2D eigenvalue weighted by atomic mass is 32.2. The van der Waals surface area contributed by atoms with Gasteiger partial charge in [-0.25, -0.2) is 4.79 Å². The molecule has 0 bridgehead atoms. The minimum absolute atomic E-state index is 0.153. The summed E-state index contributed by atoms with van der Waals surface area (Å²) in [5.74, 6) is -0.341. The third kappa shape index (κ3) is 2.85. The van der Waals surface area contributed by atoms with Gasteiger partial charge in [0.15, 0.2) is 0 Å². The van der Waals surface area contributed by atoms with E-state index < -0.39 is 0 Å². The molecule has 5 nitrogen and oxygen atoms in total. The molecule has 0 aliphatic carbocycles. The summed E-state index contributed by atoms with van der Waals surface area (Å²) in [5.41, 5.74) is 1.16. The van der Waals surface area contributed by atoms with Gasteiger partial charge in [0.1, 0.15) is 0 Å². The molecular weight excluding hydrogens is 276 g/mol. The lowest BCUT2D eigenvalue weighted by atomic mass is 10.2. The predicted molar refractivity (Wildman–Crippen MR) is 79.2 cm³/mol. The van der Waals surface area contributed by atoms with E-state index in [4.69, 9.17) is 0 Å². The Morgan fingerprint density at radius 3 is 2.85 bits per heavy atom. The Labute approximate surface area is 121 Å². The lowest BCUT2D eigenvalue weighted by Crippen LogP contribution is -2.25. The lowest BCUT2D eigenvalue weighted by molar-refractivity contribution is -0.140. The van der Waals surface area contributed by atoms with Crippen molar-refractivity contribution in [1.29, 1.82) is 0 Å². The molecule has 6 heteroatoms. The van der Waals surface area contributed by atoms with E-state index in [1.54, 1.807) is 11.8 Å². The smallest absolute Gasteiger partial charge is 0.348 e. The highest BCUT2D eigenvalue weighted by molar-refractivity contribution is 7.98. The maximum Gasteiger partial charge on any atom is 0.348 e. The molecule has 0 spiro atoms. The van der Waals surface area contributed by atoms with Gasteiger partial charge in [-0.15, -0.1) is 11.8 Å². The highest BCUT2D eigenvalue weighted by Crippen LogP contribution is 2.22. The number of esters is 1. The van der Waals surface area contributed by atoms with Crippen LogP contribution in [0.25, 0.3) is 10.9 Å². The van der Waals surface area contributed by atoms with Crippen LogP contribution in [0.15, 0.2) is 27.9 Å². The number of benzene rings is 1. The fraction of sp³-hybridized carbons (Fsp3) is 0.357. The predicted octanol–water partition coefficient (Wildman–Crippen LogP) is 1.99. The second-order valence-corrected chi connectivity index (χ2v) is 5.22. The molecule has 0 aliphatic heterocycles. The first-order valence-corrected chi connectivity index (χ1v) is 7.41. The Hall–Kier alpha value is -1.82. The summed E-state index contributed by atoms with van der Waals surface area (Å²) in [6.45, 7) is 2.09. The van der Waals surface area contributed by atoms with Crippen LogP contribution in [0.3, 0.4) is 0 Å². The van der Waals surface area contributed by atoms with Crippen LogP contribution in [0.2, 0.25) is 0 Å². The number of thioether (sulfide) groups is 1. The van der Waals surface area contributed by atoms with E-state index >= 15 is 0 Å². The minimum Gasteiger partial charge on any atom is -0.469 e. The number of fused-ring (bicyclic) bond motifs is 1. The van der Waals surface area contributed by atoms with Crippen molar-refractivity contribution in [2.24, 2.45) is 0 Å². The molecule has 2 aromatic rings. The number of hydrogen-bond donors (Lipinski definition) is 0. The molecule has 1 heterocycles. The number of rotatable bonds is 4. The van der Waals surface area contributed by atoms with E-state index in [0.29, 0.717) is 5.69 Å². The van der Waals surface area contributed by atoms with Crippen LogP contribution in [0.4, 0.5) is 0 Å². The normalized spacial score (nSPS) is 10.8. The van der Waals surface area contributed by atoms with Gasteiger partial charge < -0.3 is 4.74 Å². The maximum atomic E-state index is 12.0. The quantitative estimate of drug-likeness (QED) is 0.637. The van der Waals surface area contributed by atoms with Crippen LogP contribution >= 0.6 is 11.8 Å². The summed E-state index contributed by atoms with van der Waals surface area (Å²) >= 11 is 1.63. The molecule has 0 aliphatic rings. The van der Waals surface area contributed by atoms with E-state index in [2.05, 4.69) is 9.72 Å². The molecule has 0 unspecified atom stereocenters. The zero-order chi connectivity index (χ0) is 14.7. The van der Waals surface area contributed by atoms with E-state index in [0.717, 1.165) is 15.8 Å². The average molecular weight is 292 g/mol. The Balaban J connectivity index is 2.53. The topological polar surface area (TPSA) is 61.2 Å². The Bertz CT molecular complexity index is 709. The summed E-state index contributed by atoms with van der Waals surface area (Å²) in [5, 5.41) is 0.932. The molecule has 20 heavy (non-hydrogen) atoms. The number of aryl methyl sites for hydroxylation is 2. The molecule has 0 radical (unpaired) electrons. The zero-order valence-electron chi connectivity index (χ0n) is 11.7. The van der Waals surface area contributed by atoms with Crippen molar-refractivity contribution in [3.63, 3.8) is 0 Å². The average Bonchev–Trinajstić information content (AvgIpc) is 2.46. The standard InChI is InChI=1S/C14H16N2O3S/c1-9-11-8-10(20-3)4-5-12(11)16(14(18)15-9)7-6-13(17)19-2/h4-5,8H,6-7H2,1-3H3. The number of carbonyl (C=O) groups excluding carboxylic acids is 1. The lowest BCUT2D eigenvalue weighted by Gasteiger charge is -2.11. The van der Waals surface area contributed by atoms with Crippen LogP contribution in [0.1, 0.15) is 12.1 Å². The van der Waals surface area contributed by atoms with Crippen molar-refractivity contribution in [3.8, 4) is 0 Å². The van der Waals surface area contributed by atoms with Crippen LogP contribution in [0, 0.1) is 6.92 Å². The first kappa shape index (κ1) is 14.6. The van der Waals surface area contributed by atoms with Gasteiger partial charge in [0.25, 0.3) is 0 Å². The molecule has 2 rings (SSSR count). The summed E-state index contributed by atoms with van der Waals surface area (Å²) in [4.78, 5) is 28.4. The van der Waals surface area contributed by atoms with Gasteiger partial charge in [-0.2, -0.15) is 4.98 Å². The fourth-order valence-corrected chi connectivity index (χ4v) is 2.50. The number of aromatic nitrogens is 2. The minimum atomic E-state index is -0.341. The van der Waals surface area contributed by atoms with E-state index in [-0.39, 0.29) is 24.6 Å². The van der Waals surface area contributed by atoms with Gasteiger partial charge in [0.05, 0.1) is 24.7 Å². The van der Waals surface area contributed by atoms with Crippen LogP contribution in [-0.4, -0.2) is 28.9 Å². The van der Waals surface area contributed by atoms with Gasteiger partial charge in [0, 0.05) is 16.8 Å². The first-order valence-electron chi connectivity index (χ1n) is 6.19. The number of ether oxygens (including phenoxy) is 1. The number of methoxy groups -OCH3 is 1. The molecule has 0 N–H and O–H groups in total. The van der Waals surface area contributed by atoms with Crippen molar-refractivity contribution >= 4 is 28.6 Å². The molecule has 0 atom stereocenters. The van der Waals surface area contributed by atoms with E-state index in [9.17, 15) is 9.59 Å². The summed E-state index contributed by atoms with van der Waals surface area (Å²) in [7, 11) is 1.33. The Kier molecular flexibility index (Phi) is 4.44. The molecule has 1 aromatic carbocycles. The largest absolute Gasteiger partial charge is 0.469 e. The molecule has 106 valence electrons. The van der Waals surface area contributed by atoms with Gasteiger partial charge in [0.2, 0.25) is 0 Å². The van der Waals surface area contributed by atoms with Crippen LogP contribution in [-0.2, 0) is 16.1 Å². The monoisotopic (exact) mass is 292 g/mol. The fourth-order valence-electron chi connectivity index (χ4n) is 2.06. The van der Waals surface area contributed by atoms with E-state index in [1.165, 1.54) is 11.7 Å². The third-order valence-electron chi connectivity index (χ3n) is 3.15. The molecular formula is C14H16N2O3S. The summed E-state index contributed by atoms with van der Waals surface area (Å²) in [6, 6.07) is 5.87. The molecule has 0 saturated carbocycles. The van der Waals surface area contributed by atoms with Gasteiger partial charge in [-0.1, -0.05) is 0 Å². The molecule has 0 saturated heterocycles. The maximum absolute atomic E-state index is 12.0. The molecule has 1 aromatic heterocycles. The van der Waals surface area contributed by atoms with Crippen molar-refractivity contribution < 1.29 is 9.53 Å². The molecule has 0 amide bonds. The number of nitrogens with zero attached hydrogens (tertiary/aromatic N) is 2. The summed E-state index contributed by atoms with van der Waals surface area (Å²) < 4.78 is 6.12. The summed E-state index contributed by atoms with van der Waals surface area (Å²) in [6.07, 6.45) is 2.15. The van der Waals surface area contributed by atoms with Crippen molar-refractivity contribution in [3.05, 3.63) is 34.4 Å². The Morgan fingerprint density at radius 2 is 2.20 bits per heavy atom. The van der Waals surface area contributed by atoms with E-state index in [1.807, 2.05) is 31.4 Å². The Morgan fingerprint density at radius 1 is 1.45 bits per heavy atom. The number of carbonyl (C=O) groups is 1. The highest BCUT2D eigenvalue weighted by Gasteiger charge is 2.10. The van der Waals surface area contributed by atoms with Crippen molar-refractivity contribution in [2.45, 2.75) is 24.8 Å². The number of hydrogen-bond acceptors (Lipinski definition) is 5. The van der Waals surface area contributed by atoms with Gasteiger partial charge in [-0.3, -0.25) is 9.36 Å². The van der Waals surface area contributed by atoms with Crippen LogP contribution in [0.5, 0.6) is 0 Å². The second kappa shape index (κ2) is 6.09. The van der Waals surface area contributed by atoms with Crippen molar-refractivity contribution in [1.82, 2.24) is 9.55 Å². The molecule has 0 fully saturated rings.